The summed E-state index contributed by atoms with van der Waals surface area (Å²) in [4.78, 5) is 12.2. The van der Waals surface area contributed by atoms with E-state index in [1.165, 1.54) is 0 Å². The summed E-state index contributed by atoms with van der Waals surface area (Å²) in [5, 5.41) is 3.32. The Morgan fingerprint density at radius 2 is 1.95 bits per heavy atom. The molecule has 0 atom stereocenters. The van der Waals surface area contributed by atoms with Crippen LogP contribution in [0.15, 0.2) is 36.4 Å². The summed E-state index contributed by atoms with van der Waals surface area (Å²) in [6.45, 7) is 1.17. The molecule has 3 rings (SSSR count). The Morgan fingerprint density at radius 1 is 1.15 bits per heavy atom. The Balaban J connectivity index is 1.82. The minimum absolute atomic E-state index is 0.200. The molecule has 3 N–H and O–H groups in total. The van der Waals surface area contributed by atoms with Crippen LogP contribution in [0.2, 0.25) is 5.02 Å². The maximum Gasteiger partial charge on any atom is 0.255 e. The first-order valence-electron chi connectivity index (χ1n) is 6.19. The van der Waals surface area contributed by atoms with Gasteiger partial charge in [-0.1, -0.05) is 17.7 Å². The third kappa shape index (κ3) is 2.48. The van der Waals surface area contributed by atoms with Gasteiger partial charge in [-0.3, -0.25) is 4.79 Å². The maximum absolute atomic E-state index is 12.2. The van der Waals surface area contributed by atoms with E-state index < -0.39 is 0 Å². The molecular weight excluding hydrogens is 276 g/mol. The van der Waals surface area contributed by atoms with Crippen molar-refractivity contribution in [2.75, 3.05) is 11.1 Å². The number of nitrogens with two attached hydrogens (primary N) is 1. The molecule has 0 unspecified atom stereocenters. The van der Waals surface area contributed by atoms with Gasteiger partial charge in [-0.05, 0) is 41.5 Å². The minimum atomic E-state index is -0.200. The smallest absolute Gasteiger partial charge is 0.255 e. The molecule has 2 aromatic carbocycles. The van der Waals surface area contributed by atoms with Crippen LogP contribution < -0.4 is 11.1 Å². The maximum atomic E-state index is 12.2. The molecule has 1 heterocycles. The molecule has 1 aliphatic rings. The lowest BCUT2D eigenvalue weighted by atomic mass is 10.1. The standard InChI is InChI=1S/C15H13ClN2O2/c16-12-3-4-14(13(17)6-12)18-15(19)9-1-2-10-7-20-8-11(10)5-9/h1-6H,7-8,17H2,(H,18,19). The van der Waals surface area contributed by atoms with Crippen LogP contribution >= 0.6 is 11.6 Å². The predicted molar refractivity (Wildman–Crippen MR) is 78.8 cm³/mol. The van der Waals surface area contributed by atoms with E-state index in [-0.39, 0.29) is 5.91 Å². The molecule has 0 saturated carbocycles. The van der Waals surface area contributed by atoms with Crippen molar-refractivity contribution >= 4 is 28.9 Å². The van der Waals surface area contributed by atoms with Crippen LogP contribution in [0.4, 0.5) is 11.4 Å². The van der Waals surface area contributed by atoms with Crippen molar-refractivity contribution in [3.05, 3.63) is 58.1 Å². The normalized spacial score (nSPS) is 13.1. The van der Waals surface area contributed by atoms with E-state index in [9.17, 15) is 4.79 Å². The number of carbonyl (C=O) groups is 1. The number of fused-ring (bicyclic) bond motifs is 1. The second-order valence-electron chi connectivity index (χ2n) is 4.66. The van der Waals surface area contributed by atoms with E-state index in [1.54, 1.807) is 24.3 Å². The average Bonchev–Trinajstić information content (AvgIpc) is 2.89. The monoisotopic (exact) mass is 288 g/mol. The topological polar surface area (TPSA) is 64.3 Å². The van der Waals surface area contributed by atoms with Crippen LogP contribution in [0.1, 0.15) is 21.5 Å². The summed E-state index contributed by atoms with van der Waals surface area (Å²) < 4.78 is 5.33. The highest BCUT2D eigenvalue weighted by Crippen LogP contribution is 2.24. The quantitative estimate of drug-likeness (QED) is 0.834. The summed E-state index contributed by atoms with van der Waals surface area (Å²) in [6, 6.07) is 10.5. The Bertz CT molecular complexity index is 686. The fourth-order valence-corrected chi connectivity index (χ4v) is 2.34. The van der Waals surface area contributed by atoms with Crippen LogP contribution in [0.5, 0.6) is 0 Å². The first-order chi connectivity index (χ1) is 9.63. The highest BCUT2D eigenvalue weighted by atomic mass is 35.5. The molecule has 1 amide bonds. The van der Waals surface area contributed by atoms with E-state index in [4.69, 9.17) is 22.1 Å². The first-order valence-corrected chi connectivity index (χ1v) is 6.57. The fourth-order valence-electron chi connectivity index (χ4n) is 2.16. The molecule has 20 heavy (non-hydrogen) atoms. The summed E-state index contributed by atoms with van der Waals surface area (Å²) in [5.74, 6) is -0.200. The van der Waals surface area contributed by atoms with Crippen molar-refractivity contribution in [2.45, 2.75) is 13.2 Å². The zero-order valence-electron chi connectivity index (χ0n) is 10.7. The molecule has 0 spiro atoms. The van der Waals surface area contributed by atoms with Crippen LogP contribution in [0.3, 0.4) is 0 Å². The zero-order chi connectivity index (χ0) is 14.1. The van der Waals surface area contributed by atoms with E-state index >= 15 is 0 Å². The van der Waals surface area contributed by atoms with Crippen molar-refractivity contribution < 1.29 is 9.53 Å². The van der Waals surface area contributed by atoms with Gasteiger partial charge in [0.25, 0.3) is 5.91 Å². The molecule has 0 fully saturated rings. The number of hydrogen-bond acceptors (Lipinski definition) is 3. The van der Waals surface area contributed by atoms with Gasteiger partial charge >= 0.3 is 0 Å². The summed E-state index contributed by atoms with van der Waals surface area (Å²) in [7, 11) is 0. The first kappa shape index (κ1) is 13.0. The van der Waals surface area contributed by atoms with Crippen molar-refractivity contribution in [1.29, 1.82) is 0 Å². The van der Waals surface area contributed by atoms with E-state index in [0.717, 1.165) is 11.1 Å². The molecule has 0 aromatic heterocycles. The number of benzene rings is 2. The molecule has 4 nitrogen and oxygen atoms in total. The Labute approximate surface area is 121 Å². The number of carbonyl (C=O) groups excluding carboxylic acids is 1. The third-order valence-corrected chi connectivity index (χ3v) is 3.48. The number of hydrogen-bond donors (Lipinski definition) is 2. The lowest BCUT2D eigenvalue weighted by molar-refractivity contribution is 0.102. The van der Waals surface area contributed by atoms with E-state index in [1.807, 2.05) is 12.1 Å². The zero-order valence-corrected chi connectivity index (χ0v) is 11.4. The Hall–Kier alpha value is -2.04. The molecule has 0 radical (unpaired) electrons. The molecule has 102 valence electrons. The van der Waals surface area contributed by atoms with Crippen LogP contribution in [0, 0.1) is 0 Å². The van der Waals surface area contributed by atoms with Gasteiger partial charge in [-0.25, -0.2) is 0 Å². The molecule has 5 heteroatoms. The van der Waals surface area contributed by atoms with E-state index in [2.05, 4.69) is 5.32 Å². The fraction of sp³-hybridized carbons (Fsp3) is 0.133. The number of rotatable bonds is 2. The summed E-state index contributed by atoms with van der Waals surface area (Å²) in [5.41, 5.74) is 9.59. The average molecular weight is 289 g/mol. The number of anilines is 2. The number of ether oxygens (including phenoxy) is 1. The number of amides is 1. The van der Waals surface area contributed by atoms with Gasteiger partial charge in [0.15, 0.2) is 0 Å². The van der Waals surface area contributed by atoms with Gasteiger partial charge in [0, 0.05) is 10.6 Å². The lowest BCUT2D eigenvalue weighted by Crippen LogP contribution is -2.13. The second-order valence-corrected chi connectivity index (χ2v) is 5.10. The third-order valence-electron chi connectivity index (χ3n) is 3.25. The summed E-state index contributed by atoms with van der Waals surface area (Å²) in [6.07, 6.45) is 0. The van der Waals surface area contributed by atoms with Gasteiger partial charge < -0.3 is 15.8 Å². The minimum Gasteiger partial charge on any atom is -0.397 e. The van der Waals surface area contributed by atoms with Gasteiger partial charge in [0.1, 0.15) is 0 Å². The number of nitrogens with one attached hydrogen (secondary N) is 1. The second kappa shape index (κ2) is 5.15. The highest BCUT2D eigenvalue weighted by molar-refractivity contribution is 6.31. The van der Waals surface area contributed by atoms with Crippen LogP contribution in [-0.2, 0) is 18.0 Å². The lowest BCUT2D eigenvalue weighted by Gasteiger charge is -2.09. The molecule has 0 aliphatic carbocycles. The largest absolute Gasteiger partial charge is 0.397 e. The van der Waals surface area contributed by atoms with Crippen molar-refractivity contribution in [1.82, 2.24) is 0 Å². The predicted octanol–water partition coefficient (Wildman–Crippen LogP) is 3.20. The molecule has 0 saturated heterocycles. The molecule has 1 aliphatic heterocycles. The Morgan fingerprint density at radius 3 is 2.75 bits per heavy atom. The molecular formula is C15H13ClN2O2. The van der Waals surface area contributed by atoms with Gasteiger partial charge in [0.2, 0.25) is 0 Å². The van der Waals surface area contributed by atoms with Crippen LogP contribution in [-0.4, -0.2) is 5.91 Å². The van der Waals surface area contributed by atoms with Gasteiger partial charge in [0.05, 0.1) is 24.6 Å². The molecule has 2 aromatic rings. The number of nitrogen functional groups attached to an aromatic ring is 1. The van der Waals surface area contributed by atoms with E-state index in [0.29, 0.717) is 35.2 Å². The van der Waals surface area contributed by atoms with Gasteiger partial charge in [-0.15, -0.1) is 0 Å². The Kier molecular flexibility index (Phi) is 3.34. The van der Waals surface area contributed by atoms with Crippen molar-refractivity contribution in [3.8, 4) is 0 Å². The van der Waals surface area contributed by atoms with Crippen LogP contribution in [0.25, 0.3) is 0 Å². The van der Waals surface area contributed by atoms with Gasteiger partial charge in [-0.2, -0.15) is 0 Å². The highest BCUT2D eigenvalue weighted by Gasteiger charge is 2.15. The number of halogens is 1. The van der Waals surface area contributed by atoms with Crippen molar-refractivity contribution in [2.24, 2.45) is 0 Å². The molecule has 0 bridgehead atoms. The summed E-state index contributed by atoms with van der Waals surface area (Å²) >= 11 is 5.83. The SMILES string of the molecule is Nc1cc(Cl)ccc1NC(=O)c1ccc2c(c1)COC2. The van der Waals surface area contributed by atoms with Crippen molar-refractivity contribution in [3.63, 3.8) is 0 Å².